The summed E-state index contributed by atoms with van der Waals surface area (Å²) in [4.78, 5) is 4.53. The van der Waals surface area contributed by atoms with Gasteiger partial charge in [0.2, 0.25) is 0 Å². The van der Waals surface area contributed by atoms with Gasteiger partial charge in [0.15, 0.2) is 5.96 Å². The van der Waals surface area contributed by atoms with Crippen LogP contribution >= 0.6 is 0 Å². The van der Waals surface area contributed by atoms with Crippen LogP contribution in [0.3, 0.4) is 0 Å². The first-order valence-electron chi connectivity index (χ1n) is 6.22. The van der Waals surface area contributed by atoms with Gasteiger partial charge in [-0.1, -0.05) is 32.0 Å². The maximum Gasteiger partial charge on any atom is 0.193 e. The number of para-hydroxylation sites is 1. The predicted molar refractivity (Wildman–Crippen MR) is 74.7 cm³/mol. The average molecular weight is 247 g/mol. The number of nitrogens with two attached hydrogens (primary N) is 1. The summed E-state index contributed by atoms with van der Waals surface area (Å²) in [7, 11) is 1.75. The molecule has 3 N–H and O–H groups in total. The first-order valence-corrected chi connectivity index (χ1v) is 6.22. The van der Waals surface area contributed by atoms with Crippen LogP contribution in [0.1, 0.15) is 20.3 Å². The molecule has 0 radical (unpaired) electrons. The molecule has 4 nitrogen and oxygen atoms in total. The summed E-state index contributed by atoms with van der Waals surface area (Å²) in [6.45, 7) is 4.32. The fraction of sp³-hybridized carbons (Fsp3) is 0.500. The molecule has 0 aromatic heterocycles. The van der Waals surface area contributed by atoms with Crippen molar-refractivity contribution in [3.8, 4) is 0 Å². The van der Waals surface area contributed by atoms with Crippen molar-refractivity contribution in [1.82, 2.24) is 0 Å². The monoisotopic (exact) mass is 247 g/mol. The van der Waals surface area contributed by atoms with Gasteiger partial charge in [0.05, 0.1) is 12.1 Å². The van der Waals surface area contributed by atoms with Crippen LogP contribution in [-0.2, 0) is 4.74 Å². The van der Waals surface area contributed by atoms with Crippen molar-refractivity contribution in [2.24, 2.45) is 16.1 Å². The topological polar surface area (TPSA) is 59.6 Å². The Kier molecular flexibility index (Phi) is 3.57. The van der Waals surface area contributed by atoms with E-state index in [9.17, 15) is 0 Å². The summed E-state index contributed by atoms with van der Waals surface area (Å²) in [6.07, 6.45) is 1.21. The molecule has 0 heterocycles. The number of benzene rings is 1. The number of guanidine groups is 1. The van der Waals surface area contributed by atoms with Crippen LogP contribution in [0.2, 0.25) is 0 Å². The lowest BCUT2D eigenvalue weighted by Crippen LogP contribution is -2.54. The Morgan fingerprint density at radius 2 is 2.06 bits per heavy atom. The SMILES string of the molecule is COC1CC(N=C(N)Nc2ccccc2)C1(C)C. The molecule has 98 valence electrons. The van der Waals surface area contributed by atoms with Crippen LogP contribution in [-0.4, -0.2) is 25.2 Å². The second-order valence-corrected chi connectivity index (χ2v) is 5.30. The van der Waals surface area contributed by atoms with Gasteiger partial charge in [-0.25, -0.2) is 4.99 Å². The second-order valence-electron chi connectivity index (χ2n) is 5.30. The molecule has 1 aromatic rings. The first-order chi connectivity index (χ1) is 8.54. The van der Waals surface area contributed by atoms with Gasteiger partial charge in [-0.3, -0.25) is 0 Å². The van der Waals surface area contributed by atoms with Gasteiger partial charge < -0.3 is 15.8 Å². The minimum absolute atomic E-state index is 0.0533. The zero-order valence-corrected chi connectivity index (χ0v) is 11.2. The Morgan fingerprint density at radius 3 is 2.61 bits per heavy atom. The van der Waals surface area contributed by atoms with Crippen LogP contribution in [0.5, 0.6) is 0 Å². The molecular formula is C14H21N3O. The Morgan fingerprint density at radius 1 is 1.39 bits per heavy atom. The van der Waals surface area contributed by atoms with Crippen molar-refractivity contribution in [2.45, 2.75) is 32.4 Å². The molecular weight excluding hydrogens is 226 g/mol. The number of nitrogens with zero attached hydrogens (tertiary/aromatic N) is 1. The van der Waals surface area contributed by atoms with Crippen molar-refractivity contribution in [1.29, 1.82) is 0 Å². The van der Waals surface area contributed by atoms with Gasteiger partial charge in [0, 0.05) is 18.2 Å². The van der Waals surface area contributed by atoms with E-state index in [-0.39, 0.29) is 17.6 Å². The minimum atomic E-state index is 0.0533. The van der Waals surface area contributed by atoms with E-state index in [1.165, 1.54) is 0 Å². The molecule has 1 aliphatic rings. The van der Waals surface area contributed by atoms with E-state index in [1.807, 2.05) is 30.3 Å². The maximum atomic E-state index is 5.92. The van der Waals surface area contributed by atoms with Gasteiger partial charge in [-0.2, -0.15) is 0 Å². The number of hydrogen-bond acceptors (Lipinski definition) is 2. The lowest BCUT2D eigenvalue weighted by atomic mass is 9.65. The van der Waals surface area contributed by atoms with Crippen molar-refractivity contribution in [3.63, 3.8) is 0 Å². The Balaban J connectivity index is 1.98. The quantitative estimate of drug-likeness (QED) is 0.636. The molecule has 1 aromatic carbocycles. The van der Waals surface area contributed by atoms with Gasteiger partial charge in [-0.15, -0.1) is 0 Å². The lowest BCUT2D eigenvalue weighted by molar-refractivity contribution is -0.0850. The minimum Gasteiger partial charge on any atom is -0.381 e. The molecule has 2 rings (SSSR count). The summed E-state index contributed by atoms with van der Waals surface area (Å²) < 4.78 is 5.40. The summed E-state index contributed by atoms with van der Waals surface area (Å²) >= 11 is 0. The fourth-order valence-corrected chi connectivity index (χ4v) is 2.35. The van der Waals surface area contributed by atoms with E-state index in [4.69, 9.17) is 10.5 Å². The molecule has 0 bridgehead atoms. The molecule has 4 heteroatoms. The highest BCUT2D eigenvalue weighted by atomic mass is 16.5. The maximum absolute atomic E-state index is 5.92. The molecule has 0 amide bonds. The van der Waals surface area contributed by atoms with E-state index in [0.717, 1.165) is 12.1 Å². The molecule has 2 unspecified atom stereocenters. The Bertz CT molecular complexity index is 428. The van der Waals surface area contributed by atoms with Crippen molar-refractivity contribution in [3.05, 3.63) is 30.3 Å². The van der Waals surface area contributed by atoms with Crippen molar-refractivity contribution < 1.29 is 4.74 Å². The van der Waals surface area contributed by atoms with Gasteiger partial charge >= 0.3 is 0 Å². The third kappa shape index (κ3) is 2.48. The van der Waals surface area contributed by atoms with Crippen molar-refractivity contribution >= 4 is 11.6 Å². The molecule has 0 aliphatic heterocycles. The Hall–Kier alpha value is -1.55. The highest BCUT2D eigenvalue weighted by Crippen LogP contribution is 2.44. The van der Waals surface area contributed by atoms with E-state index in [0.29, 0.717) is 5.96 Å². The van der Waals surface area contributed by atoms with Crippen LogP contribution in [0, 0.1) is 5.41 Å². The zero-order chi connectivity index (χ0) is 13.2. The van der Waals surface area contributed by atoms with E-state index in [1.54, 1.807) is 7.11 Å². The van der Waals surface area contributed by atoms with Gasteiger partial charge in [0.1, 0.15) is 0 Å². The summed E-state index contributed by atoms with van der Waals surface area (Å²) in [5, 5.41) is 3.10. The largest absolute Gasteiger partial charge is 0.381 e. The molecule has 1 saturated carbocycles. The number of methoxy groups -OCH3 is 1. The number of aliphatic imine (C=N–C) groups is 1. The zero-order valence-electron chi connectivity index (χ0n) is 11.2. The summed E-state index contributed by atoms with van der Waals surface area (Å²) in [5.74, 6) is 0.467. The lowest BCUT2D eigenvalue weighted by Gasteiger charge is -2.48. The normalized spacial score (nSPS) is 26.5. The number of ether oxygens (including phenoxy) is 1. The Labute approximate surface area is 108 Å². The highest BCUT2D eigenvalue weighted by Gasteiger charge is 2.48. The molecule has 0 saturated heterocycles. The third-order valence-corrected chi connectivity index (χ3v) is 3.75. The van der Waals surface area contributed by atoms with Crippen LogP contribution in [0.15, 0.2) is 35.3 Å². The number of nitrogens with one attached hydrogen (secondary N) is 1. The third-order valence-electron chi connectivity index (χ3n) is 3.75. The van der Waals surface area contributed by atoms with Gasteiger partial charge in [-0.05, 0) is 18.6 Å². The summed E-state index contributed by atoms with van der Waals surface area (Å²) in [6, 6.07) is 10.0. The number of anilines is 1. The molecule has 1 aliphatic carbocycles. The van der Waals surface area contributed by atoms with E-state index in [2.05, 4.69) is 24.2 Å². The summed E-state index contributed by atoms with van der Waals surface area (Å²) in [5.41, 5.74) is 6.93. The number of rotatable bonds is 3. The van der Waals surface area contributed by atoms with E-state index < -0.39 is 0 Å². The van der Waals surface area contributed by atoms with Crippen LogP contribution in [0.4, 0.5) is 5.69 Å². The number of hydrogen-bond donors (Lipinski definition) is 2. The standard InChI is InChI=1S/C14H21N3O/c1-14(2)11(9-12(14)18-3)17-13(15)16-10-7-5-4-6-8-10/h4-8,11-12H,9H2,1-3H3,(H3,15,16,17). The average Bonchev–Trinajstić information content (AvgIpc) is 2.35. The van der Waals surface area contributed by atoms with Gasteiger partial charge in [0.25, 0.3) is 0 Å². The second kappa shape index (κ2) is 4.98. The molecule has 18 heavy (non-hydrogen) atoms. The van der Waals surface area contributed by atoms with Crippen molar-refractivity contribution in [2.75, 3.05) is 12.4 Å². The van der Waals surface area contributed by atoms with Crippen LogP contribution in [0.25, 0.3) is 0 Å². The molecule has 2 atom stereocenters. The van der Waals surface area contributed by atoms with E-state index >= 15 is 0 Å². The smallest absolute Gasteiger partial charge is 0.193 e. The highest BCUT2D eigenvalue weighted by molar-refractivity contribution is 5.92. The predicted octanol–water partition coefficient (Wildman–Crippen LogP) is 2.23. The molecule has 0 spiro atoms. The van der Waals surface area contributed by atoms with Crippen LogP contribution < -0.4 is 11.1 Å². The fourth-order valence-electron chi connectivity index (χ4n) is 2.35. The molecule has 1 fully saturated rings. The first kappa shape index (κ1) is 12.9.